The van der Waals surface area contributed by atoms with Crippen LogP contribution in [0.3, 0.4) is 0 Å². The van der Waals surface area contributed by atoms with Crippen molar-refractivity contribution in [2.75, 3.05) is 26.1 Å². The van der Waals surface area contributed by atoms with Crippen LogP contribution in [-0.4, -0.2) is 36.7 Å². The van der Waals surface area contributed by atoms with E-state index in [9.17, 15) is 4.79 Å². The van der Waals surface area contributed by atoms with E-state index in [0.717, 1.165) is 22.9 Å². The fraction of sp³-hybridized carbons (Fsp3) is 0.286. The van der Waals surface area contributed by atoms with Crippen LogP contribution in [0.2, 0.25) is 0 Å². The summed E-state index contributed by atoms with van der Waals surface area (Å²) in [5.41, 5.74) is 2.62. The molecule has 28 heavy (non-hydrogen) atoms. The fourth-order valence-electron chi connectivity index (χ4n) is 2.82. The lowest BCUT2D eigenvalue weighted by atomic mass is 10.0. The molecule has 0 saturated heterocycles. The molecule has 0 radical (unpaired) electrons. The number of anilines is 1. The monoisotopic (exact) mass is 381 g/mol. The number of carbonyl (C=O) groups is 1. The molecule has 0 saturated carbocycles. The van der Waals surface area contributed by atoms with E-state index in [-0.39, 0.29) is 11.9 Å². The van der Waals surface area contributed by atoms with Crippen LogP contribution in [0.25, 0.3) is 22.0 Å². The number of fused-ring (bicyclic) bond motifs is 1. The Labute approximate surface area is 163 Å². The molecule has 0 aliphatic rings. The van der Waals surface area contributed by atoms with Gasteiger partial charge in [0.2, 0.25) is 17.7 Å². The number of carbonyl (C=O) groups excluding carboxylic acids is 1. The van der Waals surface area contributed by atoms with Crippen LogP contribution >= 0.6 is 0 Å². The first-order chi connectivity index (χ1) is 13.5. The van der Waals surface area contributed by atoms with Crippen LogP contribution in [0.1, 0.15) is 20.3 Å². The maximum Gasteiger partial charge on any atom is 0.233 e. The number of aromatic nitrogens is 2. The van der Waals surface area contributed by atoms with Gasteiger partial charge in [-0.3, -0.25) is 10.1 Å². The number of ether oxygens (including phenoxy) is 3. The van der Waals surface area contributed by atoms with Gasteiger partial charge in [-0.1, -0.05) is 19.1 Å². The first-order valence-electron chi connectivity index (χ1n) is 9.00. The minimum atomic E-state index is -0.234. The number of benzene rings is 2. The Bertz CT molecular complexity index is 1000. The van der Waals surface area contributed by atoms with Gasteiger partial charge >= 0.3 is 0 Å². The lowest BCUT2D eigenvalue weighted by Gasteiger charge is -2.12. The Balaban J connectivity index is 2.10. The standard InChI is InChI=1S/C21H23N3O4/c1-5-10-28-20-16-11-14(15-7-9-18(26-3)19(12-15)27-4)6-8-17(16)23-21(24-20)22-13(2)25/h6-9,11-12H,5,10H2,1-4H3,(H,22,23,24,25). The molecule has 0 aliphatic carbocycles. The van der Waals surface area contributed by atoms with Crippen LogP contribution in [0.5, 0.6) is 17.4 Å². The molecule has 0 spiro atoms. The van der Waals surface area contributed by atoms with Crippen molar-refractivity contribution >= 4 is 22.8 Å². The number of hydrogen-bond donors (Lipinski definition) is 1. The van der Waals surface area contributed by atoms with Crippen molar-refractivity contribution in [3.8, 4) is 28.5 Å². The van der Waals surface area contributed by atoms with Crippen LogP contribution < -0.4 is 19.5 Å². The maximum absolute atomic E-state index is 11.4. The Morgan fingerprint density at radius 2 is 1.71 bits per heavy atom. The van der Waals surface area contributed by atoms with E-state index < -0.39 is 0 Å². The van der Waals surface area contributed by atoms with E-state index in [1.165, 1.54) is 6.92 Å². The normalized spacial score (nSPS) is 10.6. The van der Waals surface area contributed by atoms with E-state index in [4.69, 9.17) is 14.2 Å². The molecule has 1 N–H and O–H groups in total. The second kappa shape index (κ2) is 8.56. The van der Waals surface area contributed by atoms with Gasteiger partial charge < -0.3 is 14.2 Å². The summed E-state index contributed by atoms with van der Waals surface area (Å²) in [5, 5.41) is 3.39. The highest BCUT2D eigenvalue weighted by Gasteiger charge is 2.13. The van der Waals surface area contributed by atoms with E-state index >= 15 is 0 Å². The summed E-state index contributed by atoms with van der Waals surface area (Å²) in [5.74, 6) is 1.76. The summed E-state index contributed by atoms with van der Waals surface area (Å²) in [7, 11) is 3.21. The Morgan fingerprint density at radius 3 is 2.39 bits per heavy atom. The molecule has 0 atom stereocenters. The predicted octanol–water partition coefficient (Wildman–Crippen LogP) is 4.06. The van der Waals surface area contributed by atoms with Crippen molar-refractivity contribution < 1.29 is 19.0 Å². The zero-order chi connectivity index (χ0) is 20.1. The summed E-state index contributed by atoms with van der Waals surface area (Å²) in [4.78, 5) is 20.1. The highest BCUT2D eigenvalue weighted by molar-refractivity contribution is 5.92. The number of amides is 1. The Kier molecular flexibility index (Phi) is 5.93. The molecule has 2 aromatic carbocycles. The third kappa shape index (κ3) is 4.14. The lowest BCUT2D eigenvalue weighted by Crippen LogP contribution is -2.10. The van der Waals surface area contributed by atoms with Crippen molar-refractivity contribution in [1.29, 1.82) is 0 Å². The highest BCUT2D eigenvalue weighted by atomic mass is 16.5. The van der Waals surface area contributed by atoms with Gasteiger partial charge in [-0.25, -0.2) is 4.98 Å². The number of nitrogens with one attached hydrogen (secondary N) is 1. The van der Waals surface area contributed by atoms with E-state index in [2.05, 4.69) is 15.3 Å². The van der Waals surface area contributed by atoms with E-state index in [0.29, 0.717) is 29.5 Å². The number of nitrogens with zero attached hydrogens (tertiary/aromatic N) is 2. The summed E-state index contributed by atoms with van der Waals surface area (Å²) < 4.78 is 16.5. The van der Waals surface area contributed by atoms with Crippen molar-refractivity contribution in [3.63, 3.8) is 0 Å². The molecule has 1 aromatic heterocycles. The molecule has 1 amide bonds. The average Bonchev–Trinajstić information content (AvgIpc) is 2.70. The molecule has 7 nitrogen and oxygen atoms in total. The lowest BCUT2D eigenvalue weighted by molar-refractivity contribution is -0.114. The van der Waals surface area contributed by atoms with Gasteiger partial charge in [0.15, 0.2) is 11.5 Å². The van der Waals surface area contributed by atoms with Crippen LogP contribution in [0, 0.1) is 0 Å². The van der Waals surface area contributed by atoms with Gasteiger partial charge in [0, 0.05) is 6.92 Å². The second-order valence-electron chi connectivity index (χ2n) is 6.18. The zero-order valence-electron chi connectivity index (χ0n) is 16.4. The first kappa shape index (κ1) is 19.4. The van der Waals surface area contributed by atoms with E-state index in [1.807, 2.05) is 43.3 Å². The molecule has 0 unspecified atom stereocenters. The topological polar surface area (TPSA) is 82.6 Å². The van der Waals surface area contributed by atoms with Crippen LogP contribution in [-0.2, 0) is 4.79 Å². The smallest absolute Gasteiger partial charge is 0.233 e. The van der Waals surface area contributed by atoms with Gasteiger partial charge in [-0.15, -0.1) is 0 Å². The van der Waals surface area contributed by atoms with Gasteiger partial charge in [0.1, 0.15) is 0 Å². The van der Waals surface area contributed by atoms with Crippen molar-refractivity contribution in [2.45, 2.75) is 20.3 Å². The fourth-order valence-corrected chi connectivity index (χ4v) is 2.82. The molecule has 146 valence electrons. The highest BCUT2D eigenvalue weighted by Crippen LogP contribution is 2.34. The molecule has 0 aliphatic heterocycles. The van der Waals surface area contributed by atoms with Gasteiger partial charge in [0.05, 0.1) is 31.7 Å². The minimum absolute atomic E-state index is 0.227. The SMILES string of the molecule is CCCOc1nc(NC(C)=O)nc2ccc(-c3ccc(OC)c(OC)c3)cc12. The summed E-state index contributed by atoms with van der Waals surface area (Å²) >= 11 is 0. The molecular formula is C21H23N3O4. The van der Waals surface area contributed by atoms with Gasteiger partial charge in [-0.05, 0) is 41.8 Å². The third-order valence-corrected chi connectivity index (χ3v) is 4.11. The van der Waals surface area contributed by atoms with Gasteiger partial charge in [0.25, 0.3) is 0 Å². The molecule has 3 rings (SSSR count). The van der Waals surface area contributed by atoms with Gasteiger partial charge in [-0.2, -0.15) is 4.98 Å². The first-order valence-corrected chi connectivity index (χ1v) is 9.00. The van der Waals surface area contributed by atoms with Crippen molar-refractivity contribution in [2.24, 2.45) is 0 Å². The number of rotatable bonds is 7. The predicted molar refractivity (Wildman–Crippen MR) is 108 cm³/mol. The minimum Gasteiger partial charge on any atom is -0.493 e. The molecule has 0 fully saturated rings. The summed E-state index contributed by atoms with van der Waals surface area (Å²) in [6, 6.07) is 11.5. The Hall–Kier alpha value is -3.35. The van der Waals surface area contributed by atoms with E-state index in [1.54, 1.807) is 14.2 Å². The van der Waals surface area contributed by atoms with Crippen molar-refractivity contribution in [3.05, 3.63) is 36.4 Å². The second-order valence-corrected chi connectivity index (χ2v) is 6.18. The number of methoxy groups -OCH3 is 2. The molecule has 0 bridgehead atoms. The van der Waals surface area contributed by atoms with Crippen LogP contribution in [0.15, 0.2) is 36.4 Å². The number of hydrogen-bond acceptors (Lipinski definition) is 6. The Morgan fingerprint density at radius 1 is 1.00 bits per heavy atom. The summed E-state index contributed by atoms with van der Waals surface area (Å²) in [6.07, 6.45) is 0.844. The average molecular weight is 381 g/mol. The largest absolute Gasteiger partial charge is 0.493 e. The molecule has 7 heteroatoms. The molecule has 1 heterocycles. The van der Waals surface area contributed by atoms with Crippen molar-refractivity contribution in [1.82, 2.24) is 9.97 Å². The molecular weight excluding hydrogens is 358 g/mol. The van der Waals surface area contributed by atoms with Crippen LogP contribution in [0.4, 0.5) is 5.95 Å². The quantitative estimate of drug-likeness (QED) is 0.664. The maximum atomic E-state index is 11.4. The summed E-state index contributed by atoms with van der Waals surface area (Å²) in [6.45, 7) is 3.96. The third-order valence-electron chi connectivity index (χ3n) is 4.11. The molecule has 3 aromatic rings. The zero-order valence-corrected chi connectivity index (χ0v) is 16.4.